The Morgan fingerprint density at radius 3 is 2.77 bits per heavy atom. The van der Waals surface area contributed by atoms with Crippen LogP contribution in [0.1, 0.15) is 5.56 Å². The van der Waals surface area contributed by atoms with Crippen LogP contribution >= 0.6 is 0 Å². The summed E-state index contributed by atoms with van der Waals surface area (Å²) < 4.78 is 10.7. The molecule has 0 aromatic heterocycles. The molecule has 1 aromatic carbocycles. The first-order valence-corrected chi connectivity index (χ1v) is 7.97. The van der Waals surface area contributed by atoms with E-state index in [-0.39, 0.29) is 6.10 Å². The molecule has 0 spiro atoms. The van der Waals surface area contributed by atoms with E-state index in [0.29, 0.717) is 6.54 Å². The number of rotatable bonds is 8. The first-order chi connectivity index (χ1) is 10.7. The third-order valence-corrected chi connectivity index (χ3v) is 4.05. The molecule has 2 rings (SSSR count). The highest BCUT2D eigenvalue weighted by molar-refractivity contribution is 5.33. The van der Waals surface area contributed by atoms with E-state index in [1.165, 1.54) is 5.56 Å². The van der Waals surface area contributed by atoms with E-state index in [9.17, 15) is 5.11 Å². The zero-order chi connectivity index (χ0) is 15.8. The Morgan fingerprint density at radius 2 is 2.05 bits per heavy atom. The number of hydrogen-bond acceptors (Lipinski definition) is 5. The molecular weight excluding hydrogens is 280 g/mol. The molecule has 1 fully saturated rings. The fraction of sp³-hybridized carbons (Fsp3) is 0.647. The number of aliphatic hydroxyl groups is 1. The Kier molecular flexibility index (Phi) is 7.12. The van der Waals surface area contributed by atoms with Crippen LogP contribution in [0.2, 0.25) is 0 Å². The van der Waals surface area contributed by atoms with Crippen molar-refractivity contribution in [3.05, 3.63) is 29.8 Å². The minimum atomic E-state index is -0.319. The number of para-hydroxylation sites is 1. The van der Waals surface area contributed by atoms with Crippen molar-refractivity contribution in [2.24, 2.45) is 0 Å². The monoisotopic (exact) mass is 308 g/mol. The molecule has 5 nitrogen and oxygen atoms in total. The van der Waals surface area contributed by atoms with Gasteiger partial charge in [0.15, 0.2) is 0 Å². The maximum absolute atomic E-state index is 10.2. The van der Waals surface area contributed by atoms with E-state index in [4.69, 9.17) is 9.47 Å². The van der Waals surface area contributed by atoms with Crippen molar-refractivity contribution in [3.8, 4) is 5.75 Å². The third-order valence-electron chi connectivity index (χ3n) is 4.05. The molecule has 1 aliphatic heterocycles. The highest BCUT2D eigenvalue weighted by Gasteiger charge is 2.16. The minimum absolute atomic E-state index is 0.319. The van der Waals surface area contributed by atoms with Gasteiger partial charge in [0.05, 0.1) is 26.4 Å². The summed E-state index contributed by atoms with van der Waals surface area (Å²) in [7, 11) is 3.76. The van der Waals surface area contributed by atoms with Crippen LogP contribution in [0.3, 0.4) is 0 Å². The molecule has 1 unspecified atom stereocenters. The fourth-order valence-electron chi connectivity index (χ4n) is 2.81. The molecule has 1 aromatic rings. The van der Waals surface area contributed by atoms with Gasteiger partial charge < -0.3 is 19.5 Å². The van der Waals surface area contributed by atoms with Gasteiger partial charge in [0.25, 0.3) is 0 Å². The molecule has 5 heteroatoms. The lowest BCUT2D eigenvalue weighted by molar-refractivity contribution is 0.00878. The zero-order valence-electron chi connectivity index (χ0n) is 13.7. The largest absolute Gasteiger partial charge is 0.496 e. The Hall–Kier alpha value is -1.14. The molecule has 1 N–H and O–H groups in total. The van der Waals surface area contributed by atoms with Crippen LogP contribution < -0.4 is 4.74 Å². The van der Waals surface area contributed by atoms with Crippen molar-refractivity contribution in [1.29, 1.82) is 0 Å². The van der Waals surface area contributed by atoms with Crippen molar-refractivity contribution >= 4 is 0 Å². The van der Waals surface area contributed by atoms with Crippen LogP contribution in [0.5, 0.6) is 5.75 Å². The number of morpholine rings is 1. The number of nitrogens with zero attached hydrogens (tertiary/aromatic N) is 2. The summed E-state index contributed by atoms with van der Waals surface area (Å²) in [5, 5.41) is 10.2. The Bertz CT molecular complexity index is 436. The molecule has 1 heterocycles. The number of likely N-dealkylation sites (N-methyl/N-ethyl adjacent to an activating group) is 1. The molecule has 0 radical (unpaired) electrons. The zero-order valence-corrected chi connectivity index (χ0v) is 13.7. The maximum Gasteiger partial charge on any atom is 0.122 e. The van der Waals surface area contributed by atoms with E-state index in [2.05, 4.69) is 22.9 Å². The Balaban J connectivity index is 1.71. The van der Waals surface area contributed by atoms with Gasteiger partial charge >= 0.3 is 0 Å². The van der Waals surface area contributed by atoms with Crippen LogP contribution in [0.15, 0.2) is 24.3 Å². The molecule has 1 atom stereocenters. The lowest BCUT2D eigenvalue weighted by atomic mass is 10.1. The van der Waals surface area contributed by atoms with E-state index >= 15 is 0 Å². The summed E-state index contributed by atoms with van der Waals surface area (Å²) in [4.78, 5) is 4.44. The van der Waals surface area contributed by atoms with Crippen molar-refractivity contribution in [1.82, 2.24) is 9.80 Å². The summed E-state index contributed by atoms with van der Waals surface area (Å²) in [6.45, 7) is 5.70. The van der Waals surface area contributed by atoms with E-state index < -0.39 is 0 Å². The first kappa shape index (κ1) is 17.2. The summed E-state index contributed by atoms with van der Waals surface area (Å²) in [5.41, 5.74) is 1.21. The van der Waals surface area contributed by atoms with E-state index in [1.54, 1.807) is 7.11 Å². The number of ether oxygens (including phenoxy) is 2. The van der Waals surface area contributed by atoms with Crippen LogP contribution in [0.4, 0.5) is 0 Å². The number of aliphatic hydroxyl groups excluding tert-OH is 1. The number of methoxy groups -OCH3 is 1. The fourth-order valence-corrected chi connectivity index (χ4v) is 2.81. The van der Waals surface area contributed by atoms with Gasteiger partial charge in [-0.2, -0.15) is 0 Å². The third kappa shape index (κ3) is 5.57. The van der Waals surface area contributed by atoms with Crippen molar-refractivity contribution in [2.75, 3.05) is 60.1 Å². The molecule has 124 valence electrons. The average Bonchev–Trinajstić information content (AvgIpc) is 2.54. The molecule has 1 saturated heterocycles. The predicted molar refractivity (Wildman–Crippen MR) is 87.5 cm³/mol. The second kappa shape index (κ2) is 9.10. The second-order valence-electron chi connectivity index (χ2n) is 5.89. The minimum Gasteiger partial charge on any atom is -0.496 e. The van der Waals surface area contributed by atoms with Gasteiger partial charge in [0.2, 0.25) is 0 Å². The topological polar surface area (TPSA) is 45.2 Å². The lowest BCUT2D eigenvalue weighted by Gasteiger charge is -2.30. The van der Waals surface area contributed by atoms with Crippen molar-refractivity contribution < 1.29 is 14.6 Å². The molecule has 0 saturated carbocycles. The summed E-state index contributed by atoms with van der Waals surface area (Å²) in [5.74, 6) is 0.935. The normalized spacial score (nSPS) is 17.6. The standard InChI is InChI=1S/C17H28N2O3/c1-18(8-7-15-5-3-4-6-17(15)21-2)13-16(20)14-19-9-11-22-12-10-19/h3-6,16,20H,7-14H2,1-2H3. The maximum atomic E-state index is 10.2. The molecule has 1 aliphatic rings. The Labute approximate surface area is 133 Å². The van der Waals surface area contributed by atoms with Gasteiger partial charge in [-0.25, -0.2) is 0 Å². The highest BCUT2D eigenvalue weighted by atomic mass is 16.5. The smallest absolute Gasteiger partial charge is 0.122 e. The summed E-state index contributed by atoms with van der Waals surface area (Å²) >= 11 is 0. The van der Waals surface area contributed by atoms with Gasteiger partial charge in [0.1, 0.15) is 5.75 Å². The highest BCUT2D eigenvalue weighted by Crippen LogP contribution is 2.17. The molecule has 22 heavy (non-hydrogen) atoms. The average molecular weight is 308 g/mol. The van der Waals surface area contributed by atoms with Gasteiger partial charge in [0, 0.05) is 32.7 Å². The van der Waals surface area contributed by atoms with Crippen molar-refractivity contribution in [3.63, 3.8) is 0 Å². The molecule has 0 bridgehead atoms. The Morgan fingerprint density at radius 1 is 1.32 bits per heavy atom. The summed E-state index contributed by atoms with van der Waals surface area (Å²) in [6.07, 6.45) is 0.603. The summed E-state index contributed by atoms with van der Waals surface area (Å²) in [6, 6.07) is 8.10. The first-order valence-electron chi connectivity index (χ1n) is 7.97. The molecule has 0 amide bonds. The van der Waals surface area contributed by atoms with Gasteiger partial charge in [-0.1, -0.05) is 18.2 Å². The van der Waals surface area contributed by atoms with E-state index in [0.717, 1.165) is 51.6 Å². The van der Waals surface area contributed by atoms with Gasteiger partial charge in [-0.05, 0) is 25.1 Å². The number of hydrogen-bond donors (Lipinski definition) is 1. The van der Waals surface area contributed by atoms with E-state index in [1.807, 2.05) is 18.2 Å². The van der Waals surface area contributed by atoms with Crippen LogP contribution in [-0.2, 0) is 11.2 Å². The van der Waals surface area contributed by atoms with Crippen LogP contribution in [0.25, 0.3) is 0 Å². The van der Waals surface area contributed by atoms with Crippen LogP contribution in [-0.4, -0.2) is 81.1 Å². The lowest BCUT2D eigenvalue weighted by Crippen LogP contribution is -2.44. The SMILES string of the molecule is COc1ccccc1CCN(C)CC(O)CN1CCOCC1. The second-order valence-corrected chi connectivity index (χ2v) is 5.89. The molecule has 0 aliphatic carbocycles. The quantitative estimate of drug-likeness (QED) is 0.772. The van der Waals surface area contributed by atoms with Crippen LogP contribution in [0, 0.1) is 0 Å². The van der Waals surface area contributed by atoms with Gasteiger partial charge in [-0.3, -0.25) is 4.90 Å². The number of benzene rings is 1. The molecular formula is C17H28N2O3. The van der Waals surface area contributed by atoms with Crippen molar-refractivity contribution in [2.45, 2.75) is 12.5 Å². The van der Waals surface area contributed by atoms with Gasteiger partial charge in [-0.15, -0.1) is 0 Å². The predicted octanol–water partition coefficient (Wildman–Crippen LogP) is 0.863. The number of β-amino-alcohol motifs (C(OH)–C–C–N with tert-alkyl or cyclic N) is 1.